The molecule has 3 N–H and O–H groups in total. The Morgan fingerprint density at radius 1 is 0.964 bits per heavy atom. The number of ether oxygens (including phenoxy) is 2. The molecule has 1 heterocycles. The Kier molecular flexibility index (Phi) is 6.27. The van der Waals surface area contributed by atoms with Crippen LogP contribution in [-0.2, 0) is 4.74 Å². The predicted molar refractivity (Wildman–Crippen MR) is 98.0 cm³/mol. The zero-order chi connectivity index (χ0) is 20.1. The van der Waals surface area contributed by atoms with E-state index in [1.165, 1.54) is 37.4 Å². The Bertz CT molecular complexity index is 891. The number of hydrogen-bond acceptors (Lipinski definition) is 7. The summed E-state index contributed by atoms with van der Waals surface area (Å²) >= 11 is 0. The normalized spacial score (nSPS) is 13.2. The van der Waals surface area contributed by atoms with Crippen molar-refractivity contribution >= 4 is 0 Å². The number of halogens is 1. The fourth-order valence-electron chi connectivity index (χ4n) is 2.45. The van der Waals surface area contributed by atoms with Crippen molar-refractivity contribution in [1.82, 2.24) is 9.97 Å². The zero-order valence-electron chi connectivity index (χ0n) is 15.0. The van der Waals surface area contributed by atoms with Crippen molar-refractivity contribution < 1.29 is 29.2 Å². The minimum Gasteiger partial charge on any atom is -0.457 e. The van der Waals surface area contributed by atoms with Crippen LogP contribution >= 0.6 is 0 Å². The number of hydrogen-bond donors (Lipinski definition) is 3. The molecule has 0 radical (unpaired) electrons. The molecule has 0 saturated carbocycles. The average molecular weight is 386 g/mol. The molecule has 2 aromatic carbocycles. The van der Waals surface area contributed by atoms with E-state index in [0.29, 0.717) is 22.8 Å². The van der Waals surface area contributed by atoms with Crippen molar-refractivity contribution in [2.24, 2.45) is 0 Å². The molecule has 0 aliphatic rings. The Morgan fingerprint density at radius 3 is 2.14 bits per heavy atom. The van der Waals surface area contributed by atoms with Crippen molar-refractivity contribution in [2.45, 2.75) is 12.4 Å². The summed E-state index contributed by atoms with van der Waals surface area (Å²) in [5.41, 5.74) is 1.26. The topological polar surface area (TPSA) is 105 Å². The lowest BCUT2D eigenvalue weighted by Crippen LogP contribution is -2.12. The molecule has 8 heteroatoms. The van der Waals surface area contributed by atoms with Crippen LogP contribution in [0.4, 0.5) is 4.39 Å². The second-order valence-electron chi connectivity index (χ2n) is 5.90. The van der Waals surface area contributed by atoms with E-state index in [2.05, 4.69) is 9.97 Å². The van der Waals surface area contributed by atoms with E-state index in [1.807, 2.05) is 0 Å². The van der Waals surface area contributed by atoms with Gasteiger partial charge in [0.15, 0.2) is 5.82 Å². The van der Waals surface area contributed by atoms with Crippen molar-refractivity contribution in [1.29, 1.82) is 0 Å². The number of aliphatic hydroxyl groups is 3. The molecule has 0 aliphatic carbocycles. The standard InChI is InChI=1S/C20H19FN2O5/c1-27-20(26)19-22-16(10-17(23-19)18(25)11-24)12-2-6-14(7-3-12)28-15-8-4-13(21)5-9-15/h2-10,18,20,24-26H,11H2,1H3. The zero-order valence-corrected chi connectivity index (χ0v) is 15.0. The highest BCUT2D eigenvalue weighted by atomic mass is 19.1. The molecule has 1 aromatic heterocycles. The molecule has 3 rings (SSSR count). The number of rotatable bonds is 7. The molecule has 2 unspecified atom stereocenters. The van der Waals surface area contributed by atoms with Crippen LogP contribution in [0.3, 0.4) is 0 Å². The maximum atomic E-state index is 13.0. The number of aromatic nitrogens is 2. The molecular weight excluding hydrogens is 367 g/mol. The summed E-state index contributed by atoms with van der Waals surface area (Å²) < 4.78 is 23.4. The fourth-order valence-corrected chi connectivity index (χ4v) is 2.45. The van der Waals surface area contributed by atoms with Gasteiger partial charge in [-0.25, -0.2) is 14.4 Å². The van der Waals surface area contributed by atoms with Gasteiger partial charge in [-0.3, -0.25) is 0 Å². The van der Waals surface area contributed by atoms with Crippen molar-refractivity contribution in [2.75, 3.05) is 13.7 Å². The van der Waals surface area contributed by atoms with Crippen molar-refractivity contribution in [3.8, 4) is 22.8 Å². The molecule has 0 saturated heterocycles. The number of aliphatic hydroxyl groups excluding tert-OH is 3. The molecule has 7 nitrogen and oxygen atoms in total. The Hall–Kier alpha value is -2.91. The number of nitrogens with zero attached hydrogens (tertiary/aromatic N) is 2. The lowest BCUT2D eigenvalue weighted by molar-refractivity contribution is -0.0833. The van der Waals surface area contributed by atoms with Crippen LogP contribution in [0.1, 0.15) is 23.9 Å². The molecular formula is C20H19FN2O5. The molecule has 3 aromatic rings. The van der Waals surface area contributed by atoms with E-state index < -0.39 is 19.0 Å². The summed E-state index contributed by atoms with van der Waals surface area (Å²) in [6, 6.07) is 14.1. The fraction of sp³-hybridized carbons (Fsp3) is 0.200. The van der Waals surface area contributed by atoms with Crippen LogP contribution in [-0.4, -0.2) is 39.0 Å². The lowest BCUT2D eigenvalue weighted by atomic mass is 10.1. The molecule has 0 aliphatic heterocycles. The summed E-state index contributed by atoms with van der Waals surface area (Å²) in [5, 5.41) is 29.0. The third kappa shape index (κ3) is 4.68. The molecule has 28 heavy (non-hydrogen) atoms. The Labute approximate surface area is 160 Å². The van der Waals surface area contributed by atoms with Crippen LogP contribution in [0.2, 0.25) is 0 Å². The highest BCUT2D eigenvalue weighted by Gasteiger charge is 2.17. The summed E-state index contributed by atoms with van der Waals surface area (Å²) in [4.78, 5) is 8.28. The summed E-state index contributed by atoms with van der Waals surface area (Å²) in [6.45, 7) is -0.524. The first-order valence-corrected chi connectivity index (χ1v) is 8.42. The molecule has 146 valence electrons. The van der Waals surface area contributed by atoms with Crippen molar-refractivity contribution in [3.05, 3.63) is 71.9 Å². The van der Waals surface area contributed by atoms with Gasteiger partial charge in [0.05, 0.1) is 18.0 Å². The van der Waals surface area contributed by atoms with Gasteiger partial charge >= 0.3 is 0 Å². The van der Waals surface area contributed by atoms with E-state index in [9.17, 15) is 19.7 Å². The van der Waals surface area contributed by atoms with E-state index in [0.717, 1.165) is 0 Å². The monoisotopic (exact) mass is 386 g/mol. The van der Waals surface area contributed by atoms with E-state index in [-0.39, 0.29) is 17.3 Å². The predicted octanol–water partition coefficient (Wildman–Crippen LogP) is 2.74. The van der Waals surface area contributed by atoms with E-state index in [1.54, 1.807) is 24.3 Å². The summed E-state index contributed by atoms with van der Waals surface area (Å²) in [6.07, 6.45) is -2.59. The van der Waals surface area contributed by atoms with Gasteiger partial charge in [-0.15, -0.1) is 0 Å². The van der Waals surface area contributed by atoms with Gasteiger partial charge < -0.3 is 24.8 Å². The number of benzene rings is 2. The summed E-state index contributed by atoms with van der Waals surface area (Å²) in [5.74, 6) is 0.655. The first-order valence-electron chi connectivity index (χ1n) is 8.42. The third-order valence-electron chi connectivity index (χ3n) is 3.92. The van der Waals surface area contributed by atoms with Gasteiger partial charge in [0.25, 0.3) is 0 Å². The van der Waals surface area contributed by atoms with Gasteiger partial charge in [0.2, 0.25) is 6.29 Å². The second kappa shape index (κ2) is 8.85. The molecule has 2 atom stereocenters. The first kappa shape index (κ1) is 19.8. The van der Waals surface area contributed by atoms with Gasteiger partial charge in [0.1, 0.15) is 23.4 Å². The molecule has 0 bridgehead atoms. The molecule has 0 spiro atoms. The summed E-state index contributed by atoms with van der Waals surface area (Å²) in [7, 11) is 1.30. The Morgan fingerprint density at radius 2 is 1.57 bits per heavy atom. The third-order valence-corrected chi connectivity index (χ3v) is 3.92. The second-order valence-corrected chi connectivity index (χ2v) is 5.90. The van der Waals surface area contributed by atoms with Crippen LogP contribution in [0.15, 0.2) is 54.6 Å². The highest BCUT2D eigenvalue weighted by Crippen LogP contribution is 2.27. The average Bonchev–Trinajstić information content (AvgIpc) is 2.74. The van der Waals surface area contributed by atoms with E-state index in [4.69, 9.17) is 9.47 Å². The smallest absolute Gasteiger partial charge is 0.216 e. The van der Waals surface area contributed by atoms with Crippen LogP contribution < -0.4 is 4.74 Å². The maximum Gasteiger partial charge on any atom is 0.216 e. The molecule has 0 fully saturated rings. The van der Waals surface area contributed by atoms with Gasteiger partial charge in [-0.1, -0.05) is 0 Å². The largest absolute Gasteiger partial charge is 0.457 e. The van der Waals surface area contributed by atoms with Gasteiger partial charge in [-0.2, -0.15) is 0 Å². The van der Waals surface area contributed by atoms with Crippen molar-refractivity contribution in [3.63, 3.8) is 0 Å². The van der Waals surface area contributed by atoms with Gasteiger partial charge in [0, 0.05) is 12.7 Å². The molecule has 0 amide bonds. The minimum atomic E-state index is -1.37. The van der Waals surface area contributed by atoms with E-state index >= 15 is 0 Å². The number of methoxy groups -OCH3 is 1. The van der Waals surface area contributed by atoms with Crippen LogP contribution in [0.25, 0.3) is 11.3 Å². The first-order chi connectivity index (χ1) is 13.5. The SMILES string of the molecule is COC(O)c1nc(-c2ccc(Oc3ccc(F)cc3)cc2)cc(C(O)CO)n1. The van der Waals surface area contributed by atoms with Gasteiger partial charge in [-0.05, 0) is 54.6 Å². The van der Waals surface area contributed by atoms with Crippen LogP contribution in [0.5, 0.6) is 11.5 Å². The van der Waals surface area contributed by atoms with Crippen LogP contribution in [0, 0.1) is 5.82 Å². The maximum absolute atomic E-state index is 13.0. The lowest BCUT2D eigenvalue weighted by Gasteiger charge is -2.14. The Balaban J connectivity index is 1.88. The highest BCUT2D eigenvalue weighted by molar-refractivity contribution is 5.60. The minimum absolute atomic E-state index is 0.0332. The quantitative estimate of drug-likeness (QED) is 0.536.